The topological polar surface area (TPSA) is 28.2 Å². The highest BCUT2D eigenvalue weighted by molar-refractivity contribution is 5.48. The largest absolute Gasteiger partial charge is 0.354 e. The van der Waals surface area contributed by atoms with Crippen LogP contribution in [0, 0.1) is 6.92 Å². The van der Waals surface area contributed by atoms with E-state index in [1.165, 1.54) is 23.4 Å². The summed E-state index contributed by atoms with van der Waals surface area (Å²) in [6.45, 7) is 8.64. The first-order valence-corrected chi connectivity index (χ1v) is 6.22. The second-order valence-corrected chi connectivity index (χ2v) is 4.48. The van der Waals surface area contributed by atoms with Gasteiger partial charge in [0.25, 0.3) is 0 Å². The molecule has 0 atom stereocenters. The molecule has 1 aromatic heterocycles. The predicted molar refractivity (Wildman–Crippen MR) is 68.1 cm³/mol. The second kappa shape index (κ2) is 5.30. The first-order chi connectivity index (χ1) is 7.81. The number of rotatable bonds is 3. The number of aromatic nitrogens is 1. The van der Waals surface area contributed by atoms with E-state index in [-0.39, 0.29) is 0 Å². The van der Waals surface area contributed by atoms with Crippen molar-refractivity contribution in [2.75, 3.05) is 31.1 Å². The molecule has 3 nitrogen and oxygen atoms in total. The molecule has 16 heavy (non-hydrogen) atoms. The van der Waals surface area contributed by atoms with Crippen molar-refractivity contribution >= 4 is 5.82 Å². The van der Waals surface area contributed by atoms with Crippen LogP contribution in [0.25, 0.3) is 0 Å². The molecule has 0 amide bonds. The predicted octanol–water partition coefficient (Wildman–Crippen LogP) is 1.75. The summed E-state index contributed by atoms with van der Waals surface area (Å²) in [6.07, 6.45) is 4.30. The zero-order chi connectivity index (χ0) is 11.4. The van der Waals surface area contributed by atoms with Crippen LogP contribution < -0.4 is 10.2 Å². The monoisotopic (exact) mass is 219 g/mol. The van der Waals surface area contributed by atoms with Gasteiger partial charge in [-0.15, -0.1) is 0 Å². The molecular formula is C13H21N3. The number of anilines is 1. The van der Waals surface area contributed by atoms with Crippen LogP contribution >= 0.6 is 0 Å². The summed E-state index contributed by atoms with van der Waals surface area (Å²) in [5.74, 6) is 1.20. The lowest BCUT2D eigenvalue weighted by Crippen LogP contribution is -2.44. The van der Waals surface area contributed by atoms with Crippen molar-refractivity contribution in [3.63, 3.8) is 0 Å². The maximum Gasteiger partial charge on any atom is 0.131 e. The Labute approximate surface area is 97.9 Å². The third-order valence-corrected chi connectivity index (χ3v) is 3.02. The first-order valence-electron chi connectivity index (χ1n) is 6.22. The summed E-state index contributed by atoms with van der Waals surface area (Å²) in [5, 5.41) is 3.38. The molecule has 0 aliphatic carbocycles. The van der Waals surface area contributed by atoms with Crippen molar-refractivity contribution in [1.29, 1.82) is 0 Å². The molecule has 88 valence electrons. The summed E-state index contributed by atoms with van der Waals surface area (Å²) in [6, 6.07) is 2.29. The van der Waals surface area contributed by atoms with E-state index < -0.39 is 0 Å². The SMILES string of the molecule is CCCc1cc(C)cnc1N1CCNCC1. The van der Waals surface area contributed by atoms with Gasteiger partial charge >= 0.3 is 0 Å². The zero-order valence-electron chi connectivity index (χ0n) is 10.3. The lowest BCUT2D eigenvalue weighted by Gasteiger charge is -2.30. The fourth-order valence-electron chi connectivity index (χ4n) is 2.24. The second-order valence-electron chi connectivity index (χ2n) is 4.48. The fourth-order valence-corrected chi connectivity index (χ4v) is 2.24. The minimum atomic E-state index is 1.07. The van der Waals surface area contributed by atoms with Crippen LogP contribution in [-0.4, -0.2) is 31.2 Å². The fraction of sp³-hybridized carbons (Fsp3) is 0.615. The van der Waals surface area contributed by atoms with Crippen LogP contribution in [0.1, 0.15) is 24.5 Å². The Balaban J connectivity index is 2.23. The Kier molecular flexibility index (Phi) is 3.78. The molecule has 0 unspecified atom stereocenters. The Morgan fingerprint density at radius 3 is 2.81 bits per heavy atom. The molecule has 0 saturated carbocycles. The average molecular weight is 219 g/mol. The van der Waals surface area contributed by atoms with E-state index in [9.17, 15) is 0 Å². The quantitative estimate of drug-likeness (QED) is 0.839. The van der Waals surface area contributed by atoms with Gasteiger partial charge in [-0.05, 0) is 24.5 Å². The normalized spacial score (nSPS) is 16.5. The number of hydrogen-bond donors (Lipinski definition) is 1. The van der Waals surface area contributed by atoms with E-state index in [0.717, 1.165) is 32.6 Å². The smallest absolute Gasteiger partial charge is 0.131 e. The van der Waals surface area contributed by atoms with Crippen LogP contribution in [0.15, 0.2) is 12.3 Å². The van der Waals surface area contributed by atoms with E-state index in [1.54, 1.807) is 0 Å². The first kappa shape index (κ1) is 11.4. The van der Waals surface area contributed by atoms with Gasteiger partial charge in [0.15, 0.2) is 0 Å². The highest BCUT2D eigenvalue weighted by Crippen LogP contribution is 2.20. The van der Waals surface area contributed by atoms with Crippen LogP contribution in [-0.2, 0) is 6.42 Å². The van der Waals surface area contributed by atoms with Crippen molar-refractivity contribution in [2.45, 2.75) is 26.7 Å². The van der Waals surface area contributed by atoms with E-state index >= 15 is 0 Å². The van der Waals surface area contributed by atoms with Crippen molar-refractivity contribution in [3.8, 4) is 0 Å². The molecule has 2 rings (SSSR count). The maximum atomic E-state index is 4.62. The Morgan fingerprint density at radius 1 is 1.38 bits per heavy atom. The van der Waals surface area contributed by atoms with Gasteiger partial charge in [-0.1, -0.05) is 19.4 Å². The van der Waals surface area contributed by atoms with Gasteiger partial charge in [0, 0.05) is 32.4 Å². The molecule has 0 spiro atoms. The lowest BCUT2D eigenvalue weighted by atomic mass is 10.1. The van der Waals surface area contributed by atoms with Crippen LogP contribution in [0.3, 0.4) is 0 Å². The van der Waals surface area contributed by atoms with Crippen molar-refractivity contribution in [2.24, 2.45) is 0 Å². The number of piperazine rings is 1. The molecule has 1 aromatic rings. The Hall–Kier alpha value is -1.09. The maximum absolute atomic E-state index is 4.62. The molecule has 0 bridgehead atoms. The van der Waals surface area contributed by atoms with Gasteiger partial charge in [0.2, 0.25) is 0 Å². The molecular weight excluding hydrogens is 198 g/mol. The highest BCUT2D eigenvalue weighted by atomic mass is 15.2. The van der Waals surface area contributed by atoms with Gasteiger partial charge < -0.3 is 10.2 Å². The average Bonchev–Trinajstić information content (AvgIpc) is 2.31. The van der Waals surface area contributed by atoms with Crippen molar-refractivity contribution in [1.82, 2.24) is 10.3 Å². The molecule has 1 N–H and O–H groups in total. The third-order valence-electron chi connectivity index (χ3n) is 3.02. The minimum Gasteiger partial charge on any atom is -0.354 e. The third kappa shape index (κ3) is 2.53. The van der Waals surface area contributed by atoms with Crippen LogP contribution in [0.2, 0.25) is 0 Å². The summed E-state index contributed by atoms with van der Waals surface area (Å²) in [5.41, 5.74) is 2.67. The van der Waals surface area contributed by atoms with Gasteiger partial charge in [0.1, 0.15) is 5.82 Å². The van der Waals surface area contributed by atoms with E-state index in [2.05, 4.69) is 35.1 Å². The summed E-state index contributed by atoms with van der Waals surface area (Å²) >= 11 is 0. The Bertz CT molecular complexity index is 343. The molecule has 1 aliphatic heterocycles. The number of nitrogens with one attached hydrogen (secondary N) is 1. The van der Waals surface area contributed by atoms with Gasteiger partial charge in [0.05, 0.1) is 0 Å². The lowest BCUT2D eigenvalue weighted by molar-refractivity contribution is 0.583. The Morgan fingerprint density at radius 2 is 2.12 bits per heavy atom. The molecule has 1 aliphatic rings. The molecule has 3 heteroatoms. The zero-order valence-corrected chi connectivity index (χ0v) is 10.3. The highest BCUT2D eigenvalue weighted by Gasteiger charge is 2.14. The van der Waals surface area contributed by atoms with Gasteiger partial charge in [-0.25, -0.2) is 4.98 Å². The van der Waals surface area contributed by atoms with E-state index in [4.69, 9.17) is 0 Å². The molecule has 2 heterocycles. The standard InChI is InChI=1S/C13H21N3/c1-3-4-12-9-11(2)10-15-13(12)16-7-5-14-6-8-16/h9-10,14H,3-8H2,1-2H3. The van der Waals surface area contributed by atoms with Gasteiger partial charge in [-0.2, -0.15) is 0 Å². The molecule has 1 saturated heterocycles. The van der Waals surface area contributed by atoms with Crippen molar-refractivity contribution in [3.05, 3.63) is 23.4 Å². The van der Waals surface area contributed by atoms with Gasteiger partial charge in [-0.3, -0.25) is 0 Å². The molecule has 0 aromatic carbocycles. The van der Waals surface area contributed by atoms with Crippen LogP contribution in [0.5, 0.6) is 0 Å². The van der Waals surface area contributed by atoms with Crippen molar-refractivity contribution < 1.29 is 0 Å². The molecule has 0 radical (unpaired) electrons. The number of hydrogen-bond acceptors (Lipinski definition) is 3. The van der Waals surface area contributed by atoms with Crippen LogP contribution in [0.4, 0.5) is 5.82 Å². The number of nitrogens with zero attached hydrogens (tertiary/aromatic N) is 2. The van der Waals surface area contributed by atoms with E-state index in [0.29, 0.717) is 0 Å². The number of aryl methyl sites for hydroxylation is 2. The summed E-state index contributed by atoms with van der Waals surface area (Å²) in [4.78, 5) is 7.02. The van der Waals surface area contributed by atoms with E-state index in [1.807, 2.05) is 6.20 Å². The molecule has 1 fully saturated rings. The summed E-state index contributed by atoms with van der Waals surface area (Å²) < 4.78 is 0. The number of pyridine rings is 1. The minimum absolute atomic E-state index is 1.07. The summed E-state index contributed by atoms with van der Waals surface area (Å²) in [7, 11) is 0.